The lowest BCUT2D eigenvalue weighted by atomic mass is 10.1. The number of carboxylic acid groups (broad SMARTS) is 1. The summed E-state index contributed by atoms with van der Waals surface area (Å²) in [6.07, 6.45) is 0. The summed E-state index contributed by atoms with van der Waals surface area (Å²) in [5.74, 6) is -1.56. The minimum atomic E-state index is -1.08. The zero-order chi connectivity index (χ0) is 11.5. The number of carbonyl (C=O) groups is 2. The number of nitrogens with two attached hydrogens (primary N) is 2. The van der Waals surface area contributed by atoms with E-state index in [9.17, 15) is 9.59 Å². The second-order valence-corrected chi connectivity index (χ2v) is 5.58. The first-order chi connectivity index (χ1) is 6.18. The standard InChI is InChI=1S/C8H16N2O3S/c1-4(6(10)11)14-8(2,3)5(9)7(12)13/h4-5H,9H2,1-3H3,(H2,10,11)(H,12,13)/t4?,5-/m0/s1. The molecule has 1 amide bonds. The van der Waals surface area contributed by atoms with Crippen LogP contribution in [0.1, 0.15) is 20.8 Å². The molecule has 5 nitrogen and oxygen atoms in total. The van der Waals surface area contributed by atoms with Crippen LogP contribution >= 0.6 is 11.8 Å². The largest absolute Gasteiger partial charge is 0.480 e. The molecule has 1 unspecified atom stereocenters. The summed E-state index contributed by atoms with van der Waals surface area (Å²) in [6, 6.07) is -1.02. The topological polar surface area (TPSA) is 106 Å². The Labute approximate surface area is 87.2 Å². The van der Waals surface area contributed by atoms with Crippen LogP contribution in [0.4, 0.5) is 0 Å². The molecule has 0 rings (SSSR count). The second-order valence-electron chi connectivity index (χ2n) is 3.58. The van der Waals surface area contributed by atoms with E-state index in [-0.39, 0.29) is 0 Å². The van der Waals surface area contributed by atoms with Crippen LogP contribution < -0.4 is 11.5 Å². The maximum absolute atomic E-state index is 10.8. The predicted molar refractivity (Wildman–Crippen MR) is 55.9 cm³/mol. The molecule has 0 heterocycles. The van der Waals surface area contributed by atoms with Crippen LogP contribution in [-0.4, -0.2) is 33.0 Å². The van der Waals surface area contributed by atoms with E-state index in [1.165, 1.54) is 11.8 Å². The fourth-order valence-electron chi connectivity index (χ4n) is 0.884. The van der Waals surface area contributed by atoms with E-state index in [1.54, 1.807) is 20.8 Å². The van der Waals surface area contributed by atoms with Crippen molar-refractivity contribution in [3.05, 3.63) is 0 Å². The van der Waals surface area contributed by atoms with Gasteiger partial charge in [0.05, 0.1) is 5.25 Å². The van der Waals surface area contributed by atoms with Gasteiger partial charge >= 0.3 is 5.97 Å². The molecule has 5 N–H and O–H groups in total. The molecule has 82 valence electrons. The van der Waals surface area contributed by atoms with Gasteiger partial charge in [0.2, 0.25) is 5.91 Å². The highest BCUT2D eigenvalue weighted by atomic mass is 32.2. The number of carbonyl (C=O) groups excluding carboxylic acids is 1. The molecule has 0 fully saturated rings. The molecule has 0 aliphatic heterocycles. The van der Waals surface area contributed by atoms with Gasteiger partial charge in [0.25, 0.3) is 0 Å². The molecule has 0 spiro atoms. The lowest BCUT2D eigenvalue weighted by Gasteiger charge is -2.29. The molecular weight excluding hydrogens is 204 g/mol. The second kappa shape index (κ2) is 4.65. The highest BCUT2D eigenvalue weighted by molar-refractivity contribution is 8.02. The van der Waals surface area contributed by atoms with Gasteiger partial charge in [0.1, 0.15) is 6.04 Å². The van der Waals surface area contributed by atoms with Crippen LogP contribution in [0.5, 0.6) is 0 Å². The minimum Gasteiger partial charge on any atom is -0.480 e. The zero-order valence-electron chi connectivity index (χ0n) is 8.48. The van der Waals surface area contributed by atoms with Crippen molar-refractivity contribution in [3.8, 4) is 0 Å². The fraction of sp³-hybridized carbons (Fsp3) is 0.750. The van der Waals surface area contributed by atoms with Crippen LogP contribution in [0.2, 0.25) is 0 Å². The lowest BCUT2D eigenvalue weighted by Crippen LogP contribution is -2.48. The maximum atomic E-state index is 10.8. The first-order valence-electron chi connectivity index (χ1n) is 4.14. The molecule has 14 heavy (non-hydrogen) atoms. The third kappa shape index (κ3) is 3.55. The van der Waals surface area contributed by atoms with Gasteiger partial charge in [0, 0.05) is 4.75 Å². The molecule has 2 atom stereocenters. The van der Waals surface area contributed by atoms with Crippen molar-refractivity contribution < 1.29 is 14.7 Å². The molecular formula is C8H16N2O3S. The summed E-state index contributed by atoms with van der Waals surface area (Å²) in [4.78, 5) is 21.4. The van der Waals surface area contributed by atoms with Gasteiger partial charge in [-0.25, -0.2) is 0 Å². The van der Waals surface area contributed by atoms with Gasteiger partial charge in [-0.3, -0.25) is 9.59 Å². The average Bonchev–Trinajstić information content (AvgIpc) is 2.01. The number of hydrogen-bond acceptors (Lipinski definition) is 4. The smallest absolute Gasteiger partial charge is 0.321 e. The molecule has 6 heteroatoms. The van der Waals surface area contributed by atoms with Crippen LogP contribution in [0.25, 0.3) is 0 Å². The normalized spacial score (nSPS) is 16.0. The maximum Gasteiger partial charge on any atom is 0.321 e. The van der Waals surface area contributed by atoms with Crippen molar-refractivity contribution in [2.75, 3.05) is 0 Å². The number of aliphatic carboxylic acids is 1. The highest BCUT2D eigenvalue weighted by Crippen LogP contribution is 2.31. The Morgan fingerprint density at radius 3 is 2.14 bits per heavy atom. The Balaban J connectivity index is 4.47. The SMILES string of the molecule is CC(SC(C)(C)[C@@H](N)C(=O)O)C(N)=O. The third-order valence-corrected chi connectivity index (χ3v) is 3.34. The van der Waals surface area contributed by atoms with Crippen molar-refractivity contribution in [2.24, 2.45) is 11.5 Å². The van der Waals surface area contributed by atoms with Crippen LogP contribution in [0, 0.1) is 0 Å². The summed E-state index contributed by atoms with van der Waals surface area (Å²) < 4.78 is -0.722. The van der Waals surface area contributed by atoms with E-state index in [0.717, 1.165) is 0 Å². The summed E-state index contributed by atoms with van der Waals surface area (Å²) in [5, 5.41) is 8.27. The van der Waals surface area contributed by atoms with E-state index in [1.807, 2.05) is 0 Å². The molecule has 0 aromatic rings. The monoisotopic (exact) mass is 220 g/mol. The molecule has 0 aromatic carbocycles. The Hall–Kier alpha value is -0.750. The molecule has 0 saturated carbocycles. The quantitative estimate of drug-likeness (QED) is 0.594. The van der Waals surface area contributed by atoms with Crippen LogP contribution in [-0.2, 0) is 9.59 Å². The average molecular weight is 220 g/mol. The Morgan fingerprint density at radius 2 is 1.86 bits per heavy atom. The number of thioether (sulfide) groups is 1. The summed E-state index contributed by atoms with van der Waals surface area (Å²) >= 11 is 1.17. The molecule has 0 aromatic heterocycles. The minimum absolute atomic E-state index is 0.449. The number of primary amides is 1. The Morgan fingerprint density at radius 1 is 1.43 bits per heavy atom. The summed E-state index contributed by atoms with van der Waals surface area (Å²) in [6.45, 7) is 4.98. The van der Waals surface area contributed by atoms with E-state index < -0.39 is 27.9 Å². The first-order valence-corrected chi connectivity index (χ1v) is 5.02. The van der Waals surface area contributed by atoms with E-state index in [0.29, 0.717) is 0 Å². The van der Waals surface area contributed by atoms with Crippen molar-refractivity contribution in [3.63, 3.8) is 0 Å². The van der Waals surface area contributed by atoms with Gasteiger partial charge in [-0.05, 0) is 20.8 Å². The van der Waals surface area contributed by atoms with Crippen molar-refractivity contribution in [1.29, 1.82) is 0 Å². The van der Waals surface area contributed by atoms with E-state index in [2.05, 4.69) is 0 Å². The predicted octanol–water partition coefficient (Wildman–Crippen LogP) is -0.216. The van der Waals surface area contributed by atoms with Crippen molar-refractivity contribution >= 4 is 23.6 Å². The molecule has 0 saturated heterocycles. The van der Waals surface area contributed by atoms with Crippen LogP contribution in [0.3, 0.4) is 0 Å². The third-order valence-electron chi connectivity index (χ3n) is 1.90. The van der Waals surface area contributed by atoms with Gasteiger partial charge in [-0.2, -0.15) is 0 Å². The van der Waals surface area contributed by atoms with Gasteiger partial charge in [-0.1, -0.05) is 0 Å². The number of amides is 1. The number of rotatable bonds is 5. The lowest BCUT2D eigenvalue weighted by molar-refractivity contribution is -0.139. The van der Waals surface area contributed by atoms with E-state index in [4.69, 9.17) is 16.6 Å². The van der Waals surface area contributed by atoms with Crippen molar-refractivity contribution in [2.45, 2.75) is 36.8 Å². The van der Waals surface area contributed by atoms with Crippen LogP contribution in [0.15, 0.2) is 0 Å². The summed E-state index contributed by atoms with van der Waals surface area (Å²) in [5.41, 5.74) is 10.5. The van der Waals surface area contributed by atoms with Gasteiger partial charge in [0.15, 0.2) is 0 Å². The van der Waals surface area contributed by atoms with Gasteiger partial charge < -0.3 is 16.6 Å². The van der Waals surface area contributed by atoms with Gasteiger partial charge in [-0.15, -0.1) is 11.8 Å². The Kier molecular flexibility index (Phi) is 4.41. The Bertz CT molecular complexity index is 243. The number of carboxylic acids is 1. The highest BCUT2D eigenvalue weighted by Gasteiger charge is 2.35. The number of hydrogen-bond donors (Lipinski definition) is 3. The zero-order valence-corrected chi connectivity index (χ0v) is 9.30. The summed E-state index contributed by atoms with van der Waals surface area (Å²) in [7, 11) is 0. The molecule has 0 aliphatic carbocycles. The molecule has 0 aliphatic rings. The first kappa shape index (κ1) is 13.2. The van der Waals surface area contributed by atoms with E-state index >= 15 is 0 Å². The van der Waals surface area contributed by atoms with Crippen molar-refractivity contribution in [1.82, 2.24) is 0 Å². The molecule has 0 bridgehead atoms. The fourth-order valence-corrected chi connectivity index (χ4v) is 2.16. The molecule has 0 radical (unpaired) electrons.